The van der Waals surface area contributed by atoms with E-state index in [-0.39, 0.29) is 5.56 Å². The molecule has 0 amide bonds. The quantitative estimate of drug-likeness (QED) is 0.762. The number of carboxylic acid groups (broad SMARTS) is 1. The molecule has 0 saturated carbocycles. The number of benzene rings is 1. The van der Waals surface area contributed by atoms with Crippen LogP contribution in [0.15, 0.2) is 53.3 Å². The number of carbonyl (C=O) groups is 1. The van der Waals surface area contributed by atoms with Gasteiger partial charge in [0.25, 0.3) is 0 Å². The summed E-state index contributed by atoms with van der Waals surface area (Å²) in [5.41, 5.74) is 3.12. The van der Waals surface area contributed by atoms with Crippen molar-refractivity contribution in [1.82, 2.24) is 10.1 Å². The topological polar surface area (TPSA) is 82.7 Å². The Bertz CT molecular complexity index is 947. The van der Waals surface area contributed by atoms with Gasteiger partial charge < -0.3 is 19.4 Å². The molecule has 7 nitrogen and oxygen atoms in total. The van der Waals surface area contributed by atoms with Crippen molar-refractivity contribution in [2.24, 2.45) is 0 Å². The lowest BCUT2D eigenvalue weighted by molar-refractivity contribution is 0.0698. The molecule has 138 valence electrons. The number of aromatic nitrogens is 2. The number of hydrogen-bond donors (Lipinski definition) is 1. The van der Waals surface area contributed by atoms with E-state index in [1.54, 1.807) is 6.20 Å². The number of nitrogens with zero attached hydrogens (tertiary/aromatic N) is 4. The minimum Gasteiger partial charge on any atom is -0.477 e. The van der Waals surface area contributed by atoms with Crippen LogP contribution in [-0.2, 0) is 0 Å². The van der Waals surface area contributed by atoms with Crippen LogP contribution in [-0.4, -0.2) is 47.4 Å². The lowest BCUT2D eigenvalue weighted by Gasteiger charge is -2.36. The number of rotatable bonds is 4. The smallest absolute Gasteiger partial charge is 0.343 e. The molecule has 0 spiro atoms. The predicted octanol–water partition coefficient (Wildman–Crippen LogP) is 3.07. The highest BCUT2D eigenvalue weighted by atomic mass is 16.5. The van der Waals surface area contributed by atoms with Crippen molar-refractivity contribution in [2.75, 3.05) is 36.0 Å². The Morgan fingerprint density at radius 2 is 1.78 bits per heavy atom. The molecule has 0 atom stereocenters. The SMILES string of the molecule is Cc1cnccc1N1CCN(c2noc(-c3ccccc3)c2C(=O)O)CC1. The van der Waals surface area contributed by atoms with Crippen molar-refractivity contribution in [3.05, 3.63) is 59.9 Å². The average Bonchev–Trinajstić information content (AvgIpc) is 3.15. The molecule has 0 unspecified atom stereocenters. The first-order valence-corrected chi connectivity index (χ1v) is 8.84. The number of anilines is 2. The number of piperazine rings is 1. The van der Waals surface area contributed by atoms with Gasteiger partial charge in [0, 0.05) is 49.8 Å². The maximum Gasteiger partial charge on any atom is 0.343 e. The first-order valence-electron chi connectivity index (χ1n) is 8.84. The fraction of sp³-hybridized carbons (Fsp3) is 0.250. The van der Waals surface area contributed by atoms with Gasteiger partial charge in [-0.3, -0.25) is 4.98 Å². The number of aryl methyl sites for hydroxylation is 1. The minimum atomic E-state index is -1.03. The van der Waals surface area contributed by atoms with E-state index in [0.717, 1.165) is 24.3 Å². The molecule has 4 rings (SSSR count). The number of pyridine rings is 1. The molecule has 3 heterocycles. The van der Waals surface area contributed by atoms with Crippen LogP contribution in [0.25, 0.3) is 11.3 Å². The number of aromatic carboxylic acids is 1. The molecule has 1 aliphatic rings. The van der Waals surface area contributed by atoms with Crippen molar-refractivity contribution >= 4 is 17.5 Å². The Labute approximate surface area is 156 Å². The van der Waals surface area contributed by atoms with Crippen molar-refractivity contribution in [3.63, 3.8) is 0 Å². The zero-order chi connectivity index (χ0) is 18.8. The van der Waals surface area contributed by atoms with Gasteiger partial charge in [0.15, 0.2) is 17.1 Å². The number of hydrogen-bond acceptors (Lipinski definition) is 6. The molecule has 0 radical (unpaired) electrons. The summed E-state index contributed by atoms with van der Waals surface area (Å²) in [6, 6.07) is 11.2. The second-order valence-electron chi connectivity index (χ2n) is 6.52. The van der Waals surface area contributed by atoms with Crippen LogP contribution in [0.4, 0.5) is 11.5 Å². The van der Waals surface area contributed by atoms with E-state index in [9.17, 15) is 9.90 Å². The van der Waals surface area contributed by atoms with Crippen LogP contribution in [0.2, 0.25) is 0 Å². The molecular formula is C20H20N4O3. The fourth-order valence-corrected chi connectivity index (χ4v) is 3.46. The fourth-order valence-electron chi connectivity index (χ4n) is 3.46. The van der Waals surface area contributed by atoms with Gasteiger partial charge in [-0.1, -0.05) is 35.5 Å². The summed E-state index contributed by atoms with van der Waals surface area (Å²) in [7, 11) is 0. The van der Waals surface area contributed by atoms with Crippen LogP contribution < -0.4 is 9.80 Å². The van der Waals surface area contributed by atoms with Crippen molar-refractivity contribution in [2.45, 2.75) is 6.92 Å². The largest absolute Gasteiger partial charge is 0.477 e. The van der Waals surface area contributed by atoms with Crippen LogP contribution in [0.3, 0.4) is 0 Å². The van der Waals surface area contributed by atoms with Gasteiger partial charge in [0.05, 0.1) is 0 Å². The highest BCUT2D eigenvalue weighted by molar-refractivity contribution is 5.99. The molecule has 1 fully saturated rings. The summed E-state index contributed by atoms with van der Waals surface area (Å²) in [4.78, 5) is 20.3. The molecule has 0 bridgehead atoms. The maximum atomic E-state index is 11.9. The van der Waals surface area contributed by atoms with E-state index in [2.05, 4.69) is 15.0 Å². The second kappa shape index (κ2) is 7.11. The summed E-state index contributed by atoms with van der Waals surface area (Å²) in [5, 5.41) is 13.8. The van der Waals surface area contributed by atoms with E-state index >= 15 is 0 Å². The molecule has 7 heteroatoms. The van der Waals surface area contributed by atoms with Crippen LogP contribution in [0.1, 0.15) is 15.9 Å². The lowest BCUT2D eigenvalue weighted by Crippen LogP contribution is -2.47. The molecule has 27 heavy (non-hydrogen) atoms. The molecule has 3 aromatic rings. The highest BCUT2D eigenvalue weighted by Gasteiger charge is 2.29. The first-order chi connectivity index (χ1) is 13.1. The molecular weight excluding hydrogens is 344 g/mol. The Kier molecular flexibility index (Phi) is 4.50. The second-order valence-corrected chi connectivity index (χ2v) is 6.52. The molecule has 1 aromatic carbocycles. The van der Waals surface area contributed by atoms with Crippen LogP contribution >= 0.6 is 0 Å². The number of carboxylic acids is 1. The molecule has 0 aliphatic carbocycles. The Balaban J connectivity index is 1.58. The van der Waals surface area contributed by atoms with E-state index in [4.69, 9.17) is 4.52 Å². The zero-order valence-electron chi connectivity index (χ0n) is 15.0. The van der Waals surface area contributed by atoms with Gasteiger partial charge in [0.2, 0.25) is 0 Å². The summed E-state index contributed by atoms with van der Waals surface area (Å²) in [6.07, 6.45) is 3.65. The van der Waals surface area contributed by atoms with Crippen LogP contribution in [0.5, 0.6) is 0 Å². The monoisotopic (exact) mass is 364 g/mol. The first kappa shape index (κ1) is 17.1. The van der Waals surface area contributed by atoms with Crippen molar-refractivity contribution in [1.29, 1.82) is 0 Å². The third-order valence-corrected chi connectivity index (χ3v) is 4.83. The summed E-state index contributed by atoms with van der Waals surface area (Å²) < 4.78 is 5.43. The van der Waals surface area contributed by atoms with Gasteiger partial charge in [-0.25, -0.2) is 4.79 Å². The molecule has 1 saturated heterocycles. The summed E-state index contributed by atoms with van der Waals surface area (Å²) in [6.45, 7) is 4.93. The summed E-state index contributed by atoms with van der Waals surface area (Å²) >= 11 is 0. The third kappa shape index (κ3) is 3.23. The summed E-state index contributed by atoms with van der Waals surface area (Å²) in [5.74, 6) is -0.338. The van der Waals surface area contributed by atoms with Crippen LogP contribution in [0, 0.1) is 6.92 Å². The van der Waals surface area contributed by atoms with Gasteiger partial charge in [-0.05, 0) is 18.6 Å². The lowest BCUT2D eigenvalue weighted by atomic mass is 10.1. The Hall–Kier alpha value is -3.35. The Morgan fingerprint density at radius 3 is 2.44 bits per heavy atom. The normalized spacial score (nSPS) is 14.4. The van der Waals surface area contributed by atoms with Gasteiger partial charge >= 0.3 is 5.97 Å². The molecule has 2 aromatic heterocycles. The molecule has 1 aliphatic heterocycles. The maximum absolute atomic E-state index is 11.9. The standard InChI is InChI=1S/C20H20N4O3/c1-14-13-21-8-7-16(14)23-9-11-24(12-10-23)19-17(20(25)26)18(27-22-19)15-5-3-2-4-6-15/h2-8,13H,9-12H2,1H3,(H,25,26). The van der Waals surface area contributed by atoms with Crippen molar-refractivity contribution in [3.8, 4) is 11.3 Å². The van der Waals surface area contributed by atoms with E-state index in [0.29, 0.717) is 30.2 Å². The van der Waals surface area contributed by atoms with E-state index in [1.165, 1.54) is 0 Å². The van der Waals surface area contributed by atoms with Gasteiger partial charge in [-0.2, -0.15) is 0 Å². The van der Waals surface area contributed by atoms with Gasteiger partial charge in [-0.15, -0.1) is 0 Å². The third-order valence-electron chi connectivity index (χ3n) is 4.83. The highest BCUT2D eigenvalue weighted by Crippen LogP contribution is 2.32. The van der Waals surface area contributed by atoms with Gasteiger partial charge in [0.1, 0.15) is 0 Å². The van der Waals surface area contributed by atoms with Crippen molar-refractivity contribution < 1.29 is 14.4 Å². The van der Waals surface area contributed by atoms with E-state index in [1.807, 2.05) is 54.4 Å². The minimum absolute atomic E-state index is 0.120. The zero-order valence-corrected chi connectivity index (χ0v) is 15.0. The average molecular weight is 364 g/mol. The predicted molar refractivity (Wildman–Crippen MR) is 102 cm³/mol. The Morgan fingerprint density at radius 1 is 1.07 bits per heavy atom. The van der Waals surface area contributed by atoms with E-state index < -0.39 is 5.97 Å². The molecule has 1 N–H and O–H groups in total.